The molecule has 3 nitrogen and oxygen atoms in total. The van der Waals surface area contributed by atoms with Crippen LogP contribution >= 0.6 is 0 Å². The van der Waals surface area contributed by atoms with Gasteiger partial charge in [-0.25, -0.2) is 0 Å². The van der Waals surface area contributed by atoms with Crippen LogP contribution in [0, 0.1) is 5.92 Å². The highest BCUT2D eigenvalue weighted by atomic mass is 19.4. The van der Waals surface area contributed by atoms with E-state index < -0.39 is 64.8 Å². The van der Waals surface area contributed by atoms with Crippen molar-refractivity contribution in [2.24, 2.45) is 5.92 Å². The summed E-state index contributed by atoms with van der Waals surface area (Å²) in [6.07, 6.45) is -14.0. The standard InChI is InChI=1S/C26H26F9NO2/c1-2-3-21(19-14-18(25(30,31)32)8-9-20(19)26(33,34)35)36-11-10-15(13-23(37)38)12-22(36)16-4-6-17(7-5-16)24(27,28)29/h4-9,14-15,21-22H,2-3,10-13H2,1H3,(H,37,38)/t15-,21?,22+/m1/s1. The lowest BCUT2D eigenvalue weighted by Gasteiger charge is -2.45. The molecule has 1 aliphatic rings. The van der Waals surface area contributed by atoms with Crippen LogP contribution in [0.2, 0.25) is 0 Å². The molecule has 3 rings (SSSR count). The molecular weight excluding hydrogens is 529 g/mol. The normalized spacial score (nSPS) is 20.4. The molecule has 3 atom stereocenters. The Kier molecular flexibility index (Phi) is 8.74. The summed E-state index contributed by atoms with van der Waals surface area (Å²) < 4.78 is 122. The van der Waals surface area contributed by atoms with E-state index in [-0.39, 0.29) is 32.2 Å². The van der Waals surface area contributed by atoms with E-state index in [0.717, 1.165) is 12.1 Å². The maximum atomic E-state index is 14.0. The molecule has 1 N–H and O–H groups in total. The number of carboxylic acids is 1. The Bertz CT molecular complexity index is 1110. The fraction of sp³-hybridized carbons (Fsp3) is 0.500. The van der Waals surface area contributed by atoms with Crippen molar-refractivity contribution < 1.29 is 49.4 Å². The maximum absolute atomic E-state index is 14.0. The number of nitrogens with zero attached hydrogens (tertiary/aromatic N) is 1. The molecule has 0 aliphatic carbocycles. The van der Waals surface area contributed by atoms with Gasteiger partial charge in [-0.05, 0) is 73.2 Å². The number of benzene rings is 2. The fourth-order valence-corrected chi connectivity index (χ4v) is 5.13. The van der Waals surface area contributed by atoms with Crippen molar-refractivity contribution >= 4 is 5.97 Å². The van der Waals surface area contributed by atoms with Gasteiger partial charge in [-0.1, -0.05) is 25.5 Å². The van der Waals surface area contributed by atoms with E-state index in [2.05, 4.69) is 0 Å². The first-order chi connectivity index (χ1) is 17.5. The Hall–Kier alpha value is -2.76. The van der Waals surface area contributed by atoms with Crippen LogP contribution in [0.5, 0.6) is 0 Å². The van der Waals surface area contributed by atoms with Crippen molar-refractivity contribution in [3.8, 4) is 0 Å². The second-order valence-corrected chi connectivity index (χ2v) is 9.46. The highest BCUT2D eigenvalue weighted by Crippen LogP contribution is 2.47. The Morgan fingerprint density at radius 3 is 2.00 bits per heavy atom. The van der Waals surface area contributed by atoms with Crippen LogP contribution in [-0.4, -0.2) is 22.5 Å². The Morgan fingerprint density at radius 1 is 0.921 bits per heavy atom. The zero-order valence-corrected chi connectivity index (χ0v) is 20.2. The van der Waals surface area contributed by atoms with Gasteiger partial charge in [0, 0.05) is 18.5 Å². The molecule has 38 heavy (non-hydrogen) atoms. The second kappa shape index (κ2) is 11.2. The van der Waals surface area contributed by atoms with Crippen LogP contribution in [0.3, 0.4) is 0 Å². The van der Waals surface area contributed by atoms with Gasteiger partial charge in [0.05, 0.1) is 16.7 Å². The third-order valence-electron chi connectivity index (χ3n) is 6.84. The van der Waals surface area contributed by atoms with Crippen LogP contribution in [0.15, 0.2) is 42.5 Å². The van der Waals surface area contributed by atoms with Gasteiger partial charge in [0.15, 0.2) is 0 Å². The number of alkyl halides is 9. The predicted octanol–water partition coefficient (Wildman–Crippen LogP) is 8.51. The molecule has 0 saturated carbocycles. The number of carboxylic acid groups (broad SMARTS) is 1. The SMILES string of the molecule is CCCC(c1cc(C(F)(F)F)ccc1C(F)(F)F)N1CC[C@@H](CC(=O)O)C[C@H]1c1ccc(C(F)(F)F)cc1. The molecule has 1 heterocycles. The van der Waals surface area contributed by atoms with Crippen molar-refractivity contribution in [3.05, 3.63) is 70.3 Å². The molecule has 2 aromatic carbocycles. The van der Waals surface area contributed by atoms with E-state index in [4.69, 9.17) is 0 Å². The first kappa shape index (κ1) is 29.8. The molecule has 0 bridgehead atoms. The maximum Gasteiger partial charge on any atom is 0.416 e. The largest absolute Gasteiger partial charge is 0.481 e. The molecule has 0 aromatic heterocycles. The summed E-state index contributed by atoms with van der Waals surface area (Å²) in [5.41, 5.74) is -3.65. The molecule has 210 valence electrons. The van der Waals surface area contributed by atoms with Gasteiger partial charge < -0.3 is 5.11 Å². The average molecular weight is 555 g/mol. The first-order valence-electron chi connectivity index (χ1n) is 11.9. The van der Waals surface area contributed by atoms with Gasteiger partial charge in [-0.2, -0.15) is 39.5 Å². The van der Waals surface area contributed by atoms with Gasteiger partial charge in [0.2, 0.25) is 0 Å². The Morgan fingerprint density at radius 2 is 1.50 bits per heavy atom. The van der Waals surface area contributed by atoms with Crippen molar-refractivity contribution in [1.29, 1.82) is 0 Å². The topological polar surface area (TPSA) is 40.5 Å². The van der Waals surface area contributed by atoms with Gasteiger partial charge in [0.1, 0.15) is 0 Å². The highest BCUT2D eigenvalue weighted by molar-refractivity contribution is 5.67. The number of hydrogen-bond acceptors (Lipinski definition) is 2. The third kappa shape index (κ3) is 7.00. The molecular formula is C26H26F9NO2. The molecule has 0 spiro atoms. The number of hydrogen-bond donors (Lipinski definition) is 1. The summed E-state index contributed by atoms with van der Waals surface area (Å²) in [4.78, 5) is 12.9. The Balaban J connectivity index is 2.14. The summed E-state index contributed by atoms with van der Waals surface area (Å²) in [6.45, 7) is 1.72. The number of rotatable bonds is 7. The van der Waals surface area contributed by atoms with E-state index in [1.165, 1.54) is 12.1 Å². The molecule has 1 fully saturated rings. The molecule has 1 aliphatic heterocycles. The van der Waals surface area contributed by atoms with Crippen LogP contribution < -0.4 is 0 Å². The highest BCUT2D eigenvalue weighted by Gasteiger charge is 2.42. The number of carbonyl (C=O) groups is 1. The number of likely N-dealkylation sites (tertiary alicyclic amines) is 1. The quantitative estimate of drug-likeness (QED) is 0.348. The van der Waals surface area contributed by atoms with Gasteiger partial charge in [-0.3, -0.25) is 9.69 Å². The number of piperidine rings is 1. The summed E-state index contributed by atoms with van der Waals surface area (Å²) in [5.74, 6) is -1.51. The van der Waals surface area contributed by atoms with E-state index >= 15 is 0 Å². The summed E-state index contributed by atoms with van der Waals surface area (Å²) in [6, 6.07) is 3.36. The summed E-state index contributed by atoms with van der Waals surface area (Å²) in [5, 5.41) is 9.25. The van der Waals surface area contributed by atoms with E-state index in [9.17, 15) is 49.4 Å². The number of aliphatic carboxylic acids is 1. The smallest absolute Gasteiger partial charge is 0.416 e. The Labute approximate surface area is 213 Å². The lowest BCUT2D eigenvalue weighted by Crippen LogP contribution is -2.40. The van der Waals surface area contributed by atoms with Gasteiger partial charge in [0.25, 0.3) is 0 Å². The monoisotopic (exact) mass is 555 g/mol. The second-order valence-electron chi connectivity index (χ2n) is 9.46. The lowest BCUT2D eigenvalue weighted by molar-refractivity contribution is -0.142. The molecule has 1 unspecified atom stereocenters. The summed E-state index contributed by atoms with van der Waals surface area (Å²) >= 11 is 0. The predicted molar refractivity (Wildman–Crippen MR) is 120 cm³/mol. The molecule has 0 radical (unpaired) electrons. The third-order valence-corrected chi connectivity index (χ3v) is 6.84. The lowest BCUT2D eigenvalue weighted by atomic mass is 9.82. The van der Waals surface area contributed by atoms with Crippen molar-refractivity contribution in [1.82, 2.24) is 4.90 Å². The minimum atomic E-state index is -4.95. The minimum Gasteiger partial charge on any atom is -0.481 e. The van der Waals surface area contributed by atoms with Gasteiger partial charge in [-0.15, -0.1) is 0 Å². The molecule has 2 aromatic rings. The molecule has 12 heteroatoms. The van der Waals surface area contributed by atoms with Crippen LogP contribution in [0.4, 0.5) is 39.5 Å². The van der Waals surface area contributed by atoms with Crippen molar-refractivity contribution in [3.63, 3.8) is 0 Å². The molecule has 0 amide bonds. The molecule has 1 saturated heterocycles. The van der Waals surface area contributed by atoms with Crippen molar-refractivity contribution in [2.75, 3.05) is 6.54 Å². The fourth-order valence-electron chi connectivity index (χ4n) is 5.13. The zero-order chi connectivity index (χ0) is 28.5. The summed E-state index contributed by atoms with van der Waals surface area (Å²) in [7, 11) is 0. The first-order valence-corrected chi connectivity index (χ1v) is 11.9. The van der Waals surface area contributed by atoms with Gasteiger partial charge >= 0.3 is 24.5 Å². The van der Waals surface area contributed by atoms with Crippen molar-refractivity contribution in [2.45, 2.75) is 69.6 Å². The zero-order valence-electron chi connectivity index (χ0n) is 20.2. The van der Waals surface area contributed by atoms with E-state index in [1.54, 1.807) is 11.8 Å². The van der Waals surface area contributed by atoms with E-state index in [0.29, 0.717) is 30.2 Å². The van der Waals surface area contributed by atoms with Crippen LogP contribution in [0.25, 0.3) is 0 Å². The number of halogens is 9. The minimum absolute atomic E-state index is 0.0467. The van der Waals surface area contributed by atoms with E-state index in [1.807, 2.05) is 0 Å². The van der Waals surface area contributed by atoms with Crippen LogP contribution in [-0.2, 0) is 23.3 Å². The van der Waals surface area contributed by atoms with Crippen LogP contribution in [0.1, 0.15) is 78.9 Å². The average Bonchev–Trinajstić information content (AvgIpc) is 2.80.